The van der Waals surface area contributed by atoms with Gasteiger partial charge in [0, 0.05) is 30.3 Å². The van der Waals surface area contributed by atoms with Gasteiger partial charge in [-0.2, -0.15) is 0 Å². The molecular weight excluding hydrogens is 403 g/mol. The van der Waals surface area contributed by atoms with Crippen LogP contribution in [0.1, 0.15) is 72.3 Å². The number of hydrogen-bond acceptors (Lipinski definition) is 2. The second-order valence-electron chi connectivity index (χ2n) is 9.54. The summed E-state index contributed by atoms with van der Waals surface area (Å²) < 4.78 is 43.5. The molecule has 0 aliphatic carbocycles. The predicted molar refractivity (Wildman–Crippen MR) is 115 cm³/mol. The zero-order valence-corrected chi connectivity index (χ0v) is 19.4. The largest absolute Gasteiger partial charge is 0.328 e. The molecule has 1 amide bonds. The summed E-state index contributed by atoms with van der Waals surface area (Å²) in [6.45, 7) is 15.1. The maximum atomic E-state index is 14.0. The van der Waals surface area contributed by atoms with Crippen molar-refractivity contribution in [2.75, 3.05) is 6.54 Å². The second-order valence-corrected chi connectivity index (χ2v) is 9.54. The second kappa shape index (κ2) is 8.32. The zero-order chi connectivity index (χ0) is 23.2. The number of carbonyl (C=O) groups is 1. The molecule has 0 saturated heterocycles. The van der Waals surface area contributed by atoms with Crippen molar-refractivity contribution in [2.45, 2.75) is 72.9 Å². The van der Waals surface area contributed by atoms with Gasteiger partial charge in [0.15, 0.2) is 17.5 Å². The Bertz CT molecular complexity index is 971. The molecule has 0 saturated carbocycles. The molecule has 1 aromatic carbocycles. The number of fused-ring (bicyclic) bond motifs is 1. The first-order valence-electron chi connectivity index (χ1n) is 11.0. The monoisotopic (exact) mass is 435 g/mol. The standard InChI is InChI=1S/C24H32F3N3O/c1-8-16(13(2)3)22(31)30-10-9-29-21(14(4)5)20(28-23(29)24(30,6)7)15-11-17(25)19(27)18(26)12-15/h11-14,16H,8-10H2,1-7H3. The summed E-state index contributed by atoms with van der Waals surface area (Å²) in [6.07, 6.45) is 0.758. The fourth-order valence-electron chi connectivity index (χ4n) is 4.77. The van der Waals surface area contributed by atoms with Crippen LogP contribution in [0, 0.1) is 29.3 Å². The van der Waals surface area contributed by atoms with Gasteiger partial charge in [0.1, 0.15) is 5.82 Å². The first kappa shape index (κ1) is 23.4. The van der Waals surface area contributed by atoms with E-state index in [4.69, 9.17) is 4.98 Å². The third-order valence-corrected chi connectivity index (χ3v) is 6.41. The summed E-state index contributed by atoms with van der Waals surface area (Å²) in [5, 5.41) is 0. The fourth-order valence-corrected chi connectivity index (χ4v) is 4.77. The molecule has 7 heteroatoms. The van der Waals surface area contributed by atoms with Crippen LogP contribution in [-0.4, -0.2) is 26.9 Å². The Morgan fingerprint density at radius 2 is 1.68 bits per heavy atom. The molecule has 3 rings (SSSR count). The minimum atomic E-state index is -1.49. The number of carbonyl (C=O) groups excluding carboxylic acids is 1. The van der Waals surface area contributed by atoms with Gasteiger partial charge in [0.2, 0.25) is 5.91 Å². The molecule has 170 valence electrons. The average molecular weight is 436 g/mol. The molecule has 1 aliphatic heterocycles. The number of halogens is 3. The average Bonchev–Trinajstić information content (AvgIpc) is 3.07. The number of benzene rings is 1. The highest BCUT2D eigenvalue weighted by atomic mass is 19.2. The molecular formula is C24H32F3N3O. The van der Waals surface area contributed by atoms with Crippen molar-refractivity contribution in [3.05, 3.63) is 41.1 Å². The Labute approximate surface area is 182 Å². The molecule has 0 radical (unpaired) electrons. The summed E-state index contributed by atoms with van der Waals surface area (Å²) in [5.41, 5.74) is 0.762. The molecule has 0 spiro atoms. The van der Waals surface area contributed by atoms with Gasteiger partial charge in [-0.1, -0.05) is 34.6 Å². The Morgan fingerprint density at radius 3 is 2.16 bits per heavy atom. The number of imidazole rings is 1. The van der Waals surface area contributed by atoms with Gasteiger partial charge in [-0.25, -0.2) is 18.2 Å². The van der Waals surface area contributed by atoms with E-state index >= 15 is 0 Å². The van der Waals surface area contributed by atoms with Crippen LogP contribution in [0.25, 0.3) is 11.3 Å². The maximum Gasteiger partial charge on any atom is 0.226 e. The number of rotatable bonds is 5. The van der Waals surface area contributed by atoms with Crippen molar-refractivity contribution in [1.82, 2.24) is 14.5 Å². The summed E-state index contributed by atoms with van der Waals surface area (Å²) in [5.74, 6) is -3.03. The van der Waals surface area contributed by atoms with E-state index in [0.717, 1.165) is 24.2 Å². The normalized spacial score (nSPS) is 16.7. The quantitative estimate of drug-likeness (QED) is 0.553. The minimum Gasteiger partial charge on any atom is -0.328 e. The van der Waals surface area contributed by atoms with E-state index in [1.807, 2.05) is 39.5 Å². The lowest BCUT2D eigenvalue weighted by Gasteiger charge is -2.44. The first-order chi connectivity index (χ1) is 14.4. The lowest BCUT2D eigenvalue weighted by Crippen LogP contribution is -2.54. The summed E-state index contributed by atoms with van der Waals surface area (Å²) in [7, 11) is 0. The number of nitrogens with zero attached hydrogens (tertiary/aromatic N) is 3. The fraction of sp³-hybridized carbons (Fsp3) is 0.583. The van der Waals surface area contributed by atoms with E-state index in [1.54, 1.807) is 0 Å². The highest BCUT2D eigenvalue weighted by molar-refractivity contribution is 5.80. The zero-order valence-electron chi connectivity index (χ0n) is 19.4. The lowest BCUT2D eigenvalue weighted by molar-refractivity contribution is -0.145. The van der Waals surface area contributed by atoms with Gasteiger partial charge < -0.3 is 9.47 Å². The van der Waals surface area contributed by atoms with Gasteiger partial charge in [-0.15, -0.1) is 0 Å². The molecule has 1 aliphatic rings. The van der Waals surface area contributed by atoms with Crippen molar-refractivity contribution in [1.29, 1.82) is 0 Å². The van der Waals surface area contributed by atoms with Gasteiger partial charge in [0.25, 0.3) is 0 Å². The van der Waals surface area contributed by atoms with Crippen LogP contribution in [0.4, 0.5) is 13.2 Å². The maximum absolute atomic E-state index is 14.0. The van der Waals surface area contributed by atoms with E-state index < -0.39 is 23.0 Å². The van der Waals surface area contributed by atoms with Crippen LogP contribution in [0.15, 0.2) is 12.1 Å². The molecule has 0 N–H and O–H groups in total. The van der Waals surface area contributed by atoms with Crippen molar-refractivity contribution in [2.24, 2.45) is 11.8 Å². The highest BCUT2D eigenvalue weighted by Crippen LogP contribution is 2.40. The van der Waals surface area contributed by atoms with Gasteiger partial charge in [-0.3, -0.25) is 4.79 Å². The Kier molecular flexibility index (Phi) is 6.27. The third-order valence-electron chi connectivity index (χ3n) is 6.41. The van der Waals surface area contributed by atoms with E-state index in [9.17, 15) is 18.0 Å². The Balaban J connectivity index is 2.15. The van der Waals surface area contributed by atoms with Crippen LogP contribution < -0.4 is 0 Å². The van der Waals surface area contributed by atoms with Crippen LogP contribution in [0.5, 0.6) is 0 Å². The predicted octanol–water partition coefficient (Wildman–Crippen LogP) is 5.85. The van der Waals surface area contributed by atoms with Gasteiger partial charge >= 0.3 is 0 Å². The van der Waals surface area contributed by atoms with Crippen molar-refractivity contribution >= 4 is 5.91 Å². The van der Waals surface area contributed by atoms with Crippen LogP contribution in [-0.2, 0) is 16.9 Å². The molecule has 1 unspecified atom stereocenters. The van der Waals surface area contributed by atoms with E-state index in [-0.39, 0.29) is 29.2 Å². The molecule has 2 heterocycles. The molecule has 4 nitrogen and oxygen atoms in total. The highest BCUT2D eigenvalue weighted by Gasteiger charge is 2.43. The molecule has 2 aromatic rings. The van der Waals surface area contributed by atoms with E-state index in [2.05, 4.69) is 18.4 Å². The number of hydrogen-bond donors (Lipinski definition) is 0. The van der Waals surface area contributed by atoms with Crippen LogP contribution in [0.2, 0.25) is 0 Å². The van der Waals surface area contributed by atoms with E-state index in [1.165, 1.54) is 0 Å². The Morgan fingerprint density at radius 1 is 1.10 bits per heavy atom. The van der Waals surface area contributed by atoms with Gasteiger partial charge in [0.05, 0.1) is 11.2 Å². The van der Waals surface area contributed by atoms with Crippen molar-refractivity contribution in [3.63, 3.8) is 0 Å². The smallest absolute Gasteiger partial charge is 0.226 e. The number of amides is 1. The first-order valence-corrected chi connectivity index (χ1v) is 11.0. The molecule has 1 aromatic heterocycles. The number of aromatic nitrogens is 2. The summed E-state index contributed by atoms with van der Waals surface area (Å²) in [6, 6.07) is 1.97. The molecule has 0 bridgehead atoms. The molecule has 31 heavy (non-hydrogen) atoms. The molecule has 1 atom stereocenters. The van der Waals surface area contributed by atoms with E-state index in [0.29, 0.717) is 24.6 Å². The van der Waals surface area contributed by atoms with Crippen molar-refractivity contribution < 1.29 is 18.0 Å². The molecule has 0 fully saturated rings. The van der Waals surface area contributed by atoms with Gasteiger partial charge in [-0.05, 0) is 44.2 Å². The van der Waals surface area contributed by atoms with Crippen LogP contribution in [0.3, 0.4) is 0 Å². The minimum absolute atomic E-state index is 0.0181. The summed E-state index contributed by atoms with van der Waals surface area (Å²) in [4.78, 5) is 20.0. The third kappa shape index (κ3) is 3.87. The topological polar surface area (TPSA) is 38.1 Å². The van der Waals surface area contributed by atoms with Crippen molar-refractivity contribution in [3.8, 4) is 11.3 Å². The Hall–Kier alpha value is -2.31. The lowest BCUT2D eigenvalue weighted by atomic mass is 9.88. The van der Waals surface area contributed by atoms with Crippen LogP contribution >= 0.6 is 0 Å². The summed E-state index contributed by atoms with van der Waals surface area (Å²) >= 11 is 0. The SMILES string of the molecule is CCC(C(=O)N1CCn2c(nc(-c3cc(F)c(F)c(F)c3)c2C(C)C)C1(C)C)C(C)C.